The molecule has 0 amide bonds. The first-order valence-electron chi connectivity index (χ1n) is 12.8. The smallest absolute Gasteiger partial charge is 0.170 e. The fraction of sp³-hybridized carbons (Fsp3) is 0.152. The number of hydrogen-bond acceptors (Lipinski definition) is 4. The van der Waals surface area contributed by atoms with Gasteiger partial charge in [-0.2, -0.15) is 0 Å². The van der Waals surface area contributed by atoms with E-state index in [1.54, 1.807) is 0 Å². The van der Waals surface area contributed by atoms with Gasteiger partial charge in [-0.25, -0.2) is 9.98 Å². The monoisotopic (exact) mass is 482 g/mol. The number of fused-ring (bicyclic) bond motifs is 1. The molecule has 4 nitrogen and oxygen atoms in total. The molecule has 1 aliphatic carbocycles. The number of rotatable bonds is 6. The first-order chi connectivity index (χ1) is 18.2. The Bertz CT molecular complexity index is 1500. The molecule has 0 aromatic heterocycles. The molecule has 0 saturated carbocycles. The van der Waals surface area contributed by atoms with E-state index < -0.39 is 0 Å². The number of nitrogens with one attached hydrogen (secondary N) is 2. The van der Waals surface area contributed by atoms with Crippen molar-refractivity contribution in [3.8, 4) is 0 Å². The molecule has 1 aliphatic heterocycles. The van der Waals surface area contributed by atoms with Gasteiger partial charge in [0, 0.05) is 29.7 Å². The van der Waals surface area contributed by atoms with Crippen molar-refractivity contribution in [1.82, 2.24) is 10.6 Å². The van der Waals surface area contributed by atoms with Crippen LogP contribution in [0.3, 0.4) is 0 Å². The van der Waals surface area contributed by atoms with E-state index >= 15 is 0 Å². The van der Waals surface area contributed by atoms with Crippen LogP contribution in [0.5, 0.6) is 0 Å². The molecule has 2 aliphatic rings. The highest BCUT2D eigenvalue weighted by Gasteiger charge is 2.28. The number of benzene rings is 4. The Morgan fingerprint density at radius 3 is 1.92 bits per heavy atom. The first-order valence-corrected chi connectivity index (χ1v) is 12.8. The third-order valence-corrected chi connectivity index (χ3v) is 7.22. The summed E-state index contributed by atoms with van der Waals surface area (Å²) in [7, 11) is 1.95. The van der Waals surface area contributed by atoms with Gasteiger partial charge in [0.25, 0.3) is 0 Å². The molecule has 182 valence electrons. The lowest BCUT2D eigenvalue weighted by molar-refractivity contribution is 0.732. The molecule has 0 saturated heterocycles. The summed E-state index contributed by atoms with van der Waals surface area (Å²) in [5.41, 5.74) is 7.26. The van der Waals surface area contributed by atoms with Crippen molar-refractivity contribution in [3.63, 3.8) is 0 Å². The normalized spacial score (nSPS) is 17.8. The summed E-state index contributed by atoms with van der Waals surface area (Å²) in [6.45, 7) is 2.18. The van der Waals surface area contributed by atoms with Crippen molar-refractivity contribution in [1.29, 1.82) is 0 Å². The lowest BCUT2D eigenvalue weighted by Crippen LogP contribution is -2.36. The summed E-state index contributed by atoms with van der Waals surface area (Å²) < 4.78 is 0. The van der Waals surface area contributed by atoms with E-state index in [2.05, 4.69) is 90.5 Å². The Balaban J connectivity index is 1.51. The highest BCUT2D eigenvalue weighted by atomic mass is 15.2. The minimum absolute atomic E-state index is 0.349. The summed E-state index contributed by atoms with van der Waals surface area (Å²) >= 11 is 0. The summed E-state index contributed by atoms with van der Waals surface area (Å²) in [6.07, 6.45) is 5.12. The molecule has 4 aromatic rings. The predicted octanol–water partition coefficient (Wildman–Crippen LogP) is 6.87. The van der Waals surface area contributed by atoms with E-state index in [9.17, 15) is 0 Å². The van der Waals surface area contributed by atoms with Crippen molar-refractivity contribution < 1.29 is 0 Å². The third-order valence-electron chi connectivity index (χ3n) is 7.22. The summed E-state index contributed by atoms with van der Waals surface area (Å²) in [6, 6.07) is 33.8. The second-order valence-corrected chi connectivity index (χ2v) is 9.54. The van der Waals surface area contributed by atoms with Crippen LogP contribution in [0.4, 0.5) is 0 Å². The molecule has 1 atom stereocenters. The Morgan fingerprint density at radius 2 is 1.38 bits per heavy atom. The van der Waals surface area contributed by atoms with Crippen molar-refractivity contribution in [3.05, 3.63) is 143 Å². The average molecular weight is 483 g/mol. The number of aliphatic imine (C=N–C) groups is 2. The van der Waals surface area contributed by atoms with E-state index in [0.717, 1.165) is 34.8 Å². The van der Waals surface area contributed by atoms with Gasteiger partial charge in [-0.15, -0.1) is 0 Å². The second-order valence-electron chi connectivity index (χ2n) is 9.54. The van der Waals surface area contributed by atoms with E-state index in [1.165, 1.54) is 27.5 Å². The highest BCUT2D eigenvalue weighted by Crippen LogP contribution is 2.45. The molecule has 4 heteroatoms. The molecule has 4 aromatic carbocycles. The molecule has 0 bridgehead atoms. The highest BCUT2D eigenvalue weighted by molar-refractivity contribution is 6.16. The van der Waals surface area contributed by atoms with Gasteiger partial charge in [0.05, 0.1) is 0 Å². The van der Waals surface area contributed by atoms with Crippen LogP contribution in [0.2, 0.25) is 0 Å². The van der Waals surface area contributed by atoms with E-state index in [-0.39, 0.29) is 6.17 Å². The largest absolute Gasteiger partial charge is 0.394 e. The molecule has 0 fully saturated rings. The third kappa shape index (κ3) is 4.36. The van der Waals surface area contributed by atoms with Crippen LogP contribution in [0.1, 0.15) is 47.7 Å². The van der Waals surface area contributed by atoms with Gasteiger partial charge in [-0.3, -0.25) is 0 Å². The zero-order valence-electron chi connectivity index (χ0n) is 21.1. The van der Waals surface area contributed by atoms with Gasteiger partial charge in [0.2, 0.25) is 0 Å². The van der Waals surface area contributed by atoms with Gasteiger partial charge in [0.15, 0.2) is 6.17 Å². The average Bonchev–Trinajstić information content (AvgIpc) is 2.93. The van der Waals surface area contributed by atoms with Crippen molar-refractivity contribution >= 4 is 22.4 Å². The van der Waals surface area contributed by atoms with Gasteiger partial charge in [0.1, 0.15) is 11.7 Å². The Morgan fingerprint density at radius 1 is 0.784 bits per heavy atom. The van der Waals surface area contributed by atoms with E-state index in [0.29, 0.717) is 5.92 Å². The molecule has 2 N–H and O–H groups in total. The fourth-order valence-corrected chi connectivity index (χ4v) is 5.36. The lowest BCUT2D eigenvalue weighted by atomic mass is 9.74. The van der Waals surface area contributed by atoms with Crippen LogP contribution in [0.25, 0.3) is 10.8 Å². The quantitative estimate of drug-likeness (QED) is 0.315. The van der Waals surface area contributed by atoms with Gasteiger partial charge in [-0.1, -0.05) is 103 Å². The molecule has 6 rings (SSSR count). The maximum absolute atomic E-state index is 5.16. The molecular formula is C33H30N4. The molecular weight excluding hydrogens is 452 g/mol. The predicted molar refractivity (Wildman–Crippen MR) is 154 cm³/mol. The van der Waals surface area contributed by atoms with Gasteiger partial charge < -0.3 is 10.6 Å². The van der Waals surface area contributed by atoms with Gasteiger partial charge in [-0.05, 0) is 47.0 Å². The number of amidine groups is 2. The number of nitrogens with zero attached hydrogens (tertiary/aromatic N) is 2. The zero-order valence-corrected chi connectivity index (χ0v) is 21.1. The topological polar surface area (TPSA) is 48.8 Å². The molecule has 0 spiro atoms. The van der Waals surface area contributed by atoms with Crippen LogP contribution in [0, 0.1) is 0 Å². The van der Waals surface area contributed by atoms with Crippen molar-refractivity contribution in [2.24, 2.45) is 9.98 Å². The number of hydrogen-bond donors (Lipinski definition) is 2. The second kappa shape index (κ2) is 9.90. The molecule has 1 heterocycles. The summed E-state index contributed by atoms with van der Waals surface area (Å²) in [5, 5.41) is 9.18. The van der Waals surface area contributed by atoms with Crippen molar-refractivity contribution in [2.45, 2.75) is 25.4 Å². The zero-order chi connectivity index (χ0) is 25.2. The number of allylic oxidation sites excluding steroid dienone is 3. The molecule has 0 radical (unpaired) electrons. The van der Waals surface area contributed by atoms with Crippen LogP contribution >= 0.6 is 0 Å². The maximum atomic E-state index is 5.16. The van der Waals surface area contributed by atoms with E-state index in [1.807, 2.05) is 43.4 Å². The Labute approximate surface area is 218 Å². The van der Waals surface area contributed by atoms with E-state index in [4.69, 9.17) is 9.98 Å². The van der Waals surface area contributed by atoms with Gasteiger partial charge >= 0.3 is 0 Å². The maximum Gasteiger partial charge on any atom is 0.170 e. The SMILES string of the molecule is CN/C=C(\C)C1=CC[C@@H]1c1cccc2cccc(C3N=C(c4ccccc4)NC(c4ccccc4)=N3)c12. The summed E-state index contributed by atoms with van der Waals surface area (Å²) in [5.74, 6) is 2.04. The Hall–Kier alpha value is -4.44. The van der Waals surface area contributed by atoms with Crippen LogP contribution in [-0.2, 0) is 0 Å². The fourth-order valence-electron chi connectivity index (χ4n) is 5.36. The minimum atomic E-state index is -0.349. The van der Waals surface area contributed by atoms with Crippen LogP contribution < -0.4 is 10.6 Å². The lowest BCUT2D eigenvalue weighted by Gasteiger charge is -2.31. The summed E-state index contributed by atoms with van der Waals surface area (Å²) in [4.78, 5) is 10.3. The van der Waals surface area contributed by atoms with Crippen molar-refractivity contribution in [2.75, 3.05) is 7.05 Å². The standard InChI is InChI=1S/C33H30N4/c1-22(21-34-2)26-19-20-27(26)28-17-9-15-23-16-10-18-29(30(23)28)33-36-31(24-11-5-3-6-12-24)35-32(37-33)25-13-7-4-8-14-25/h3-19,21,27,33-34H,20H2,1-2H3,(H,35,36,37)/b22-21+/t27-/m0/s1. The van der Waals surface area contributed by atoms with Crippen LogP contribution in [-0.4, -0.2) is 18.7 Å². The van der Waals surface area contributed by atoms with Crippen LogP contribution in [0.15, 0.2) is 130 Å². The molecule has 0 unspecified atom stereocenters. The first kappa shape index (κ1) is 23.0. The molecule has 37 heavy (non-hydrogen) atoms. The minimum Gasteiger partial charge on any atom is -0.394 e. The Kier molecular flexibility index (Phi) is 6.15.